The van der Waals surface area contributed by atoms with Crippen molar-refractivity contribution in [2.24, 2.45) is 0 Å². The molecule has 0 heterocycles. The SMILES string of the molecule is COc1cc(Oc2ccccc2I)ccc1[N+](=O)[O-]. The van der Waals surface area contributed by atoms with Crippen molar-refractivity contribution in [3.05, 3.63) is 56.1 Å². The maximum atomic E-state index is 10.8. The maximum absolute atomic E-state index is 10.8. The summed E-state index contributed by atoms with van der Waals surface area (Å²) in [5, 5.41) is 10.8. The average molecular weight is 371 g/mol. The van der Waals surface area contributed by atoms with E-state index in [0.717, 1.165) is 3.57 Å². The molecule has 6 heteroatoms. The minimum Gasteiger partial charge on any atom is -0.490 e. The molecule has 0 aliphatic rings. The first kappa shape index (κ1) is 13.6. The Kier molecular flexibility index (Phi) is 4.20. The van der Waals surface area contributed by atoms with Gasteiger partial charge in [-0.3, -0.25) is 10.1 Å². The van der Waals surface area contributed by atoms with Crippen LogP contribution in [0.4, 0.5) is 5.69 Å². The number of hydrogen-bond donors (Lipinski definition) is 0. The minimum absolute atomic E-state index is 0.0855. The second-order valence-electron chi connectivity index (χ2n) is 3.62. The van der Waals surface area contributed by atoms with E-state index in [0.29, 0.717) is 11.5 Å². The Morgan fingerprint density at radius 2 is 1.89 bits per heavy atom. The van der Waals surface area contributed by atoms with Crippen LogP contribution in [0, 0.1) is 13.7 Å². The van der Waals surface area contributed by atoms with Crippen molar-refractivity contribution in [1.29, 1.82) is 0 Å². The summed E-state index contributed by atoms with van der Waals surface area (Å²) in [4.78, 5) is 10.3. The van der Waals surface area contributed by atoms with Crippen LogP contribution in [0.5, 0.6) is 17.2 Å². The Morgan fingerprint density at radius 1 is 1.16 bits per heavy atom. The predicted molar refractivity (Wildman–Crippen MR) is 78.9 cm³/mol. The van der Waals surface area contributed by atoms with E-state index in [1.807, 2.05) is 24.3 Å². The van der Waals surface area contributed by atoms with E-state index in [1.165, 1.54) is 19.2 Å². The molecule has 0 N–H and O–H groups in total. The van der Waals surface area contributed by atoms with E-state index in [4.69, 9.17) is 9.47 Å². The molecule has 0 amide bonds. The summed E-state index contributed by atoms with van der Waals surface area (Å²) in [5.74, 6) is 1.36. The maximum Gasteiger partial charge on any atom is 0.311 e. The van der Waals surface area contributed by atoms with Crippen LogP contribution in [0.2, 0.25) is 0 Å². The van der Waals surface area contributed by atoms with Crippen LogP contribution in [0.25, 0.3) is 0 Å². The van der Waals surface area contributed by atoms with Crippen molar-refractivity contribution in [3.8, 4) is 17.2 Å². The monoisotopic (exact) mass is 371 g/mol. The molecule has 0 aromatic heterocycles. The largest absolute Gasteiger partial charge is 0.490 e. The van der Waals surface area contributed by atoms with E-state index in [2.05, 4.69) is 22.6 Å². The summed E-state index contributed by atoms with van der Waals surface area (Å²) in [7, 11) is 1.39. The molecule has 0 aliphatic heterocycles. The summed E-state index contributed by atoms with van der Waals surface area (Å²) >= 11 is 2.16. The van der Waals surface area contributed by atoms with Gasteiger partial charge in [-0.15, -0.1) is 0 Å². The number of rotatable bonds is 4. The summed E-state index contributed by atoms with van der Waals surface area (Å²) in [6.07, 6.45) is 0. The number of halogens is 1. The Morgan fingerprint density at radius 3 is 2.53 bits per heavy atom. The minimum atomic E-state index is -0.491. The number of benzene rings is 2. The Hall–Kier alpha value is -1.83. The van der Waals surface area contributed by atoms with Gasteiger partial charge in [-0.05, 0) is 40.8 Å². The fourth-order valence-electron chi connectivity index (χ4n) is 1.53. The first-order chi connectivity index (χ1) is 9.11. The molecule has 0 spiro atoms. The number of nitrogens with zero attached hydrogens (tertiary/aromatic N) is 1. The third-order valence-electron chi connectivity index (χ3n) is 2.41. The van der Waals surface area contributed by atoms with Gasteiger partial charge < -0.3 is 9.47 Å². The number of nitro groups is 1. The third-order valence-corrected chi connectivity index (χ3v) is 3.30. The van der Waals surface area contributed by atoms with Crippen LogP contribution in [0.1, 0.15) is 0 Å². The van der Waals surface area contributed by atoms with Crippen molar-refractivity contribution in [2.45, 2.75) is 0 Å². The molecule has 0 atom stereocenters. The van der Waals surface area contributed by atoms with E-state index in [1.54, 1.807) is 6.07 Å². The number of ether oxygens (including phenoxy) is 2. The summed E-state index contributed by atoms with van der Waals surface area (Å²) in [6, 6.07) is 11.9. The number of nitro benzene ring substituents is 1. The molecule has 0 radical (unpaired) electrons. The Labute approximate surface area is 123 Å². The number of hydrogen-bond acceptors (Lipinski definition) is 4. The van der Waals surface area contributed by atoms with Gasteiger partial charge in [-0.25, -0.2) is 0 Å². The van der Waals surface area contributed by atoms with Crippen LogP contribution < -0.4 is 9.47 Å². The highest BCUT2D eigenvalue weighted by atomic mass is 127. The van der Waals surface area contributed by atoms with E-state index in [-0.39, 0.29) is 11.4 Å². The first-order valence-corrected chi connectivity index (χ1v) is 6.44. The molecular formula is C13H10INO4. The van der Waals surface area contributed by atoms with Gasteiger partial charge in [0.1, 0.15) is 11.5 Å². The zero-order valence-electron chi connectivity index (χ0n) is 10.00. The summed E-state index contributed by atoms with van der Waals surface area (Å²) in [6.45, 7) is 0. The van der Waals surface area contributed by atoms with Crippen LogP contribution in [0.3, 0.4) is 0 Å². The Bertz CT molecular complexity index is 615. The van der Waals surface area contributed by atoms with Gasteiger partial charge in [0, 0.05) is 12.1 Å². The molecule has 98 valence electrons. The topological polar surface area (TPSA) is 61.6 Å². The van der Waals surface area contributed by atoms with E-state index in [9.17, 15) is 10.1 Å². The van der Waals surface area contributed by atoms with Gasteiger partial charge in [-0.2, -0.15) is 0 Å². The van der Waals surface area contributed by atoms with E-state index < -0.39 is 4.92 Å². The van der Waals surface area contributed by atoms with Gasteiger partial charge in [0.2, 0.25) is 5.75 Å². The quantitative estimate of drug-likeness (QED) is 0.463. The van der Waals surface area contributed by atoms with Crippen molar-refractivity contribution >= 4 is 28.3 Å². The van der Waals surface area contributed by atoms with Gasteiger partial charge in [0.25, 0.3) is 0 Å². The standard InChI is InChI=1S/C13H10INO4/c1-18-13-8-9(6-7-11(13)15(16)17)19-12-5-3-2-4-10(12)14/h2-8H,1H3. The molecule has 0 aliphatic carbocycles. The predicted octanol–water partition coefficient (Wildman–Crippen LogP) is 4.00. The fourth-order valence-corrected chi connectivity index (χ4v) is 2.02. The zero-order chi connectivity index (χ0) is 13.8. The van der Waals surface area contributed by atoms with Gasteiger partial charge >= 0.3 is 5.69 Å². The van der Waals surface area contributed by atoms with Crippen LogP contribution in [-0.2, 0) is 0 Å². The van der Waals surface area contributed by atoms with Crippen molar-refractivity contribution in [2.75, 3.05) is 7.11 Å². The fraction of sp³-hybridized carbons (Fsp3) is 0.0769. The summed E-state index contributed by atoms with van der Waals surface area (Å²) in [5.41, 5.74) is -0.0855. The van der Waals surface area contributed by atoms with Gasteiger partial charge in [0.05, 0.1) is 15.6 Å². The molecule has 0 unspecified atom stereocenters. The number of methoxy groups -OCH3 is 1. The molecule has 0 bridgehead atoms. The van der Waals surface area contributed by atoms with Gasteiger partial charge in [-0.1, -0.05) is 12.1 Å². The highest BCUT2D eigenvalue weighted by Gasteiger charge is 2.15. The lowest BCUT2D eigenvalue weighted by Crippen LogP contribution is -1.94. The molecule has 19 heavy (non-hydrogen) atoms. The molecule has 0 fully saturated rings. The smallest absolute Gasteiger partial charge is 0.311 e. The zero-order valence-corrected chi connectivity index (χ0v) is 12.2. The lowest BCUT2D eigenvalue weighted by atomic mass is 10.2. The van der Waals surface area contributed by atoms with Crippen LogP contribution in [-0.4, -0.2) is 12.0 Å². The number of para-hydroxylation sites is 1. The van der Waals surface area contributed by atoms with Crippen molar-refractivity contribution in [1.82, 2.24) is 0 Å². The van der Waals surface area contributed by atoms with Crippen molar-refractivity contribution < 1.29 is 14.4 Å². The normalized spacial score (nSPS) is 10.0. The molecule has 0 saturated heterocycles. The van der Waals surface area contributed by atoms with E-state index >= 15 is 0 Å². The Balaban J connectivity index is 2.32. The molecule has 2 aromatic rings. The molecular weight excluding hydrogens is 361 g/mol. The lowest BCUT2D eigenvalue weighted by molar-refractivity contribution is -0.385. The highest BCUT2D eigenvalue weighted by molar-refractivity contribution is 14.1. The molecule has 0 saturated carbocycles. The molecule has 2 rings (SSSR count). The second-order valence-corrected chi connectivity index (χ2v) is 4.79. The lowest BCUT2D eigenvalue weighted by Gasteiger charge is -2.09. The van der Waals surface area contributed by atoms with Crippen LogP contribution >= 0.6 is 22.6 Å². The highest BCUT2D eigenvalue weighted by Crippen LogP contribution is 2.34. The van der Waals surface area contributed by atoms with Crippen molar-refractivity contribution in [3.63, 3.8) is 0 Å². The molecule has 5 nitrogen and oxygen atoms in total. The third kappa shape index (κ3) is 3.14. The van der Waals surface area contributed by atoms with Gasteiger partial charge in [0.15, 0.2) is 0 Å². The average Bonchev–Trinajstić information content (AvgIpc) is 2.41. The molecule has 2 aromatic carbocycles. The first-order valence-electron chi connectivity index (χ1n) is 5.36. The second kappa shape index (κ2) is 5.87. The van der Waals surface area contributed by atoms with Crippen LogP contribution in [0.15, 0.2) is 42.5 Å². The summed E-state index contributed by atoms with van der Waals surface area (Å²) < 4.78 is 11.6.